The van der Waals surface area contributed by atoms with Gasteiger partial charge in [0, 0.05) is 16.0 Å². The maximum atomic E-state index is 13.1. The van der Waals surface area contributed by atoms with Crippen molar-refractivity contribution in [2.75, 3.05) is 0 Å². The van der Waals surface area contributed by atoms with Gasteiger partial charge >= 0.3 is 0 Å². The molecule has 1 heterocycles. The van der Waals surface area contributed by atoms with E-state index in [-0.39, 0.29) is 11.9 Å². The number of nitrogens with one attached hydrogen (secondary N) is 1. The van der Waals surface area contributed by atoms with E-state index >= 15 is 0 Å². The van der Waals surface area contributed by atoms with Crippen LogP contribution in [0, 0.1) is 0 Å². The number of hydrogen-bond acceptors (Lipinski definition) is 2. The fourth-order valence-corrected chi connectivity index (χ4v) is 3.50. The minimum Gasteiger partial charge on any atom is -0.345 e. The molecule has 138 valence electrons. The van der Waals surface area contributed by atoms with E-state index in [2.05, 4.69) is 5.32 Å². The lowest BCUT2D eigenvalue weighted by Gasteiger charge is -2.16. The van der Waals surface area contributed by atoms with Gasteiger partial charge in [-0.3, -0.25) is 4.79 Å². The van der Waals surface area contributed by atoms with Crippen LogP contribution in [0.4, 0.5) is 0 Å². The van der Waals surface area contributed by atoms with Crippen LogP contribution in [0.25, 0.3) is 22.2 Å². The molecule has 0 aliphatic carbocycles. The van der Waals surface area contributed by atoms with Crippen LogP contribution in [0.15, 0.2) is 84.9 Å². The number of fused-ring (bicyclic) bond motifs is 1. The summed E-state index contributed by atoms with van der Waals surface area (Å²) < 4.78 is 0. The number of halogens is 1. The van der Waals surface area contributed by atoms with Crippen LogP contribution in [-0.4, -0.2) is 10.9 Å². The van der Waals surface area contributed by atoms with Crippen molar-refractivity contribution in [1.29, 1.82) is 0 Å². The predicted molar refractivity (Wildman–Crippen MR) is 115 cm³/mol. The lowest BCUT2D eigenvalue weighted by Crippen LogP contribution is -2.27. The van der Waals surface area contributed by atoms with Gasteiger partial charge in [0.2, 0.25) is 0 Å². The molecule has 0 bridgehead atoms. The van der Waals surface area contributed by atoms with E-state index in [1.165, 1.54) is 0 Å². The van der Waals surface area contributed by atoms with Crippen LogP contribution in [0.1, 0.15) is 28.9 Å². The monoisotopic (exact) mass is 386 g/mol. The van der Waals surface area contributed by atoms with Crippen molar-refractivity contribution in [3.8, 4) is 11.3 Å². The van der Waals surface area contributed by atoms with Crippen molar-refractivity contribution in [3.63, 3.8) is 0 Å². The Morgan fingerprint density at radius 2 is 1.61 bits per heavy atom. The summed E-state index contributed by atoms with van der Waals surface area (Å²) >= 11 is 6.37. The number of amides is 1. The minimum absolute atomic E-state index is 0.107. The van der Waals surface area contributed by atoms with Crippen LogP contribution in [0.3, 0.4) is 0 Å². The fraction of sp³-hybridized carbons (Fsp3) is 0.0833. The van der Waals surface area contributed by atoms with Gasteiger partial charge in [-0.1, -0.05) is 78.3 Å². The van der Waals surface area contributed by atoms with Gasteiger partial charge in [0.25, 0.3) is 5.91 Å². The number of carbonyl (C=O) groups is 1. The topological polar surface area (TPSA) is 42.0 Å². The van der Waals surface area contributed by atoms with E-state index in [0.29, 0.717) is 16.3 Å². The lowest BCUT2D eigenvalue weighted by molar-refractivity contribution is 0.0941. The Morgan fingerprint density at radius 3 is 2.39 bits per heavy atom. The average molecular weight is 387 g/mol. The van der Waals surface area contributed by atoms with Gasteiger partial charge < -0.3 is 5.32 Å². The van der Waals surface area contributed by atoms with Crippen molar-refractivity contribution in [2.45, 2.75) is 13.0 Å². The number of hydrogen-bond donors (Lipinski definition) is 1. The largest absolute Gasteiger partial charge is 0.345 e. The second-order valence-electron chi connectivity index (χ2n) is 6.66. The van der Waals surface area contributed by atoms with E-state index in [1.54, 1.807) is 0 Å². The molecule has 4 heteroatoms. The highest BCUT2D eigenvalue weighted by Gasteiger charge is 2.17. The Hall–Kier alpha value is -3.17. The standard InChI is InChI=1S/C24H19ClN2O/c1-16(17-9-3-2-4-10-17)26-24(28)20-15-23(19-12-5-7-13-21(19)25)27-22-14-8-6-11-18(20)22/h2-16H,1H3,(H,26,28). The molecule has 1 amide bonds. The SMILES string of the molecule is CC(NC(=O)c1cc(-c2ccccc2Cl)nc2ccccc12)c1ccccc1. The number of rotatable bonds is 4. The van der Waals surface area contributed by atoms with E-state index in [4.69, 9.17) is 16.6 Å². The third-order valence-corrected chi connectivity index (χ3v) is 5.09. The van der Waals surface area contributed by atoms with Crippen molar-refractivity contribution in [1.82, 2.24) is 10.3 Å². The van der Waals surface area contributed by atoms with Crippen LogP contribution < -0.4 is 5.32 Å². The molecule has 3 aromatic carbocycles. The van der Waals surface area contributed by atoms with Gasteiger partial charge in [-0.25, -0.2) is 4.98 Å². The molecule has 0 spiro atoms. The molecule has 1 unspecified atom stereocenters. The molecule has 0 aliphatic rings. The lowest BCUT2D eigenvalue weighted by atomic mass is 10.0. The van der Waals surface area contributed by atoms with Gasteiger partial charge in [-0.05, 0) is 30.7 Å². The zero-order chi connectivity index (χ0) is 19.5. The second kappa shape index (κ2) is 7.83. The first-order valence-corrected chi connectivity index (χ1v) is 9.52. The number of benzene rings is 3. The molecule has 0 aliphatic heterocycles. The first-order valence-electron chi connectivity index (χ1n) is 9.14. The average Bonchev–Trinajstić information content (AvgIpc) is 2.74. The van der Waals surface area contributed by atoms with Crippen molar-refractivity contribution in [3.05, 3.63) is 101 Å². The molecule has 1 atom stereocenters. The highest BCUT2D eigenvalue weighted by atomic mass is 35.5. The Bertz CT molecular complexity index is 1140. The summed E-state index contributed by atoms with van der Waals surface area (Å²) in [5, 5.41) is 4.52. The van der Waals surface area contributed by atoms with Crippen molar-refractivity contribution in [2.24, 2.45) is 0 Å². The second-order valence-corrected chi connectivity index (χ2v) is 7.07. The zero-order valence-corrected chi connectivity index (χ0v) is 16.1. The number of carbonyl (C=O) groups excluding carboxylic acids is 1. The number of pyridine rings is 1. The molecule has 0 fully saturated rings. The quantitative estimate of drug-likeness (QED) is 0.464. The molecule has 1 aromatic heterocycles. The molecule has 28 heavy (non-hydrogen) atoms. The zero-order valence-electron chi connectivity index (χ0n) is 15.4. The summed E-state index contributed by atoms with van der Waals surface area (Å²) in [6.07, 6.45) is 0. The maximum Gasteiger partial charge on any atom is 0.252 e. The number of nitrogens with zero attached hydrogens (tertiary/aromatic N) is 1. The summed E-state index contributed by atoms with van der Waals surface area (Å²) in [6.45, 7) is 1.98. The molecule has 4 aromatic rings. The normalized spacial score (nSPS) is 11.9. The van der Waals surface area contributed by atoms with Gasteiger partial charge in [-0.15, -0.1) is 0 Å². The summed E-state index contributed by atoms with van der Waals surface area (Å²) in [4.78, 5) is 17.9. The molecular weight excluding hydrogens is 368 g/mol. The first-order chi connectivity index (χ1) is 13.6. The van der Waals surface area contributed by atoms with Crippen LogP contribution in [-0.2, 0) is 0 Å². The van der Waals surface area contributed by atoms with Crippen molar-refractivity contribution < 1.29 is 4.79 Å². The minimum atomic E-state index is -0.136. The van der Waals surface area contributed by atoms with Gasteiger partial charge in [-0.2, -0.15) is 0 Å². The molecule has 1 N–H and O–H groups in total. The van der Waals surface area contributed by atoms with E-state index in [9.17, 15) is 4.79 Å². The molecule has 4 rings (SSSR count). The van der Waals surface area contributed by atoms with Crippen LogP contribution in [0.5, 0.6) is 0 Å². The van der Waals surface area contributed by atoms with Crippen LogP contribution in [0.2, 0.25) is 5.02 Å². The first kappa shape index (κ1) is 18.2. The van der Waals surface area contributed by atoms with Crippen molar-refractivity contribution >= 4 is 28.4 Å². The van der Waals surface area contributed by atoms with Crippen LogP contribution >= 0.6 is 11.6 Å². The van der Waals surface area contributed by atoms with E-state index < -0.39 is 0 Å². The third kappa shape index (κ3) is 3.62. The van der Waals surface area contributed by atoms with Gasteiger partial charge in [0.1, 0.15) is 0 Å². The van der Waals surface area contributed by atoms with Gasteiger partial charge in [0.15, 0.2) is 0 Å². The highest BCUT2D eigenvalue weighted by molar-refractivity contribution is 6.33. The Labute approximate surface area is 169 Å². The van der Waals surface area contributed by atoms with E-state index in [1.807, 2.05) is 91.9 Å². The predicted octanol–water partition coefficient (Wildman–Crippen LogP) is 6.05. The molecule has 0 radical (unpaired) electrons. The smallest absolute Gasteiger partial charge is 0.252 e. The molecular formula is C24H19ClN2O. The Kier molecular flexibility index (Phi) is 5.09. The van der Waals surface area contributed by atoms with E-state index in [0.717, 1.165) is 22.0 Å². The summed E-state index contributed by atoms with van der Waals surface area (Å²) in [6, 6.07) is 26.8. The summed E-state index contributed by atoms with van der Waals surface area (Å²) in [5.41, 5.74) is 3.89. The molecule has 3 nitrogen and oxygen atoms in total. The Balaban J connectivity index is 1.77. The third-order valence-electron chi connectivity index (χ3n) is 4.76. The fourth-order valence-electron chi connectivity index (χ4n) is 3.27. The highest BCUT2D eigenvalue weighted by Crippen LogP contribution is 2.30. The molecule has 0 saturated carbocycles. The maximum absolute atomic E-state index is 13.1. The Morgan fingerprint density at radius 1 is 0.929 bits per heavy atom. The molecule has 0 saturated heterocycles. The number of aromatic nitrogens is 1. The summed E-state index contributed by atoms with van der Waals surface area (Å²) in [7, 11) is 0. The van der Waals surface area contributed by atoms with Gasteiger partial charge in [0.05, 0.1) is 22.8 Å². The summed E-state index contributed by atoms with van der Waals surface area (Å²) in [5.74, 6) is -0.136. The number of para-hydroxylation sites is 1.